The van der Waals surface area contributed by atoms with Gasteiger partial charge in [0.2, 0.25) is 0 Å². The normalized spacial score (nSPS) is 10.4. The highest BCUT2D eigenvalue weighted by atomic mass is 32.1. The average molecular weight is 263 g/mol. The van der Waals surface area contributed by atoms with Gasteiger partial charge in [-0.05, 0) is 29.1 Å². The second kappa shape index (κ2) is 6.28. The molecule has 0 saturated heterocycles. The van der Waals surface area contributed by atoms with Crippen molar-refractivity contribution in [2.24, 2.45) is 0 Å². The molecular formula is C13H13NO3S. The number of hydrogen-bond acceptors (Lipinski definition) is 4. The number of nitrogens with zero attached hydrogens (tertiary/aromatic N) is 1. The van der Waals surface area contributed by atoms with Gasteiger partial charge in [-0.15, -0.1) is 11.3 Å². The molecule has 94 valence electrons. The first-order valence-corrected chi connectivity index (χ1v) is 6.42. The van der Waals surface area contributed by atoms with E-state index in [0.29, 0.717) is 13.2 Å². The van der Waals surface area contributed by atoms with E-state index >= 15 is 0 Å². The summed E-state index contributed by atoms with van der Waals surface area (Å²) in [6, 6.07) is 7.38. The summed E-state index contributed by atoms with van der Waals surface area (Å²) in [7, 11) is 0. The maximum atomic E-state index is 10.7. The maximum Gasteiger partial charge on any atom is 0.354 e. The molecule has 1 N–H and O–H groups in total. The Labute approximate surface area is 109 Å². The number of hydrogen-bond donors (Lipinski definition) is 1. The van der Waals surface area contributed by atoms with Crippen LogP contribution in [0, 0.1) is 0 Å². The molecular weight excluding hydrogens is 250 g/mol. The lowest BCUT2D eigenvalue weighted by Gasteiger charge is -2.04. The first-order valence-electron chi connectivity index (χ1n) is 5.54. The minimum Gasteiger partial charge on any atom is -0.477 e. The monoisotopic (exact) mass is 263 g/mol. The predicted octanol–water partition coefficient (Wildman–Crippen LogP) is 2.60. The van der Waals surface area contributed by atoms with Crippen molar-refractivity contribution in [3.05, 3.63) is 52.0 Å². The van der Waals surface area contributed by atoms with Crippen LogP contribution in [0.25, 0.3) is 0 Å². The molecule has 0 spiro atoms. The number of ether oxygens (including phenoxy) is 1. The lowest BCUT2D eigenvalue weighted by atomic mass is 10.2. The Morgan fingerprint density at radius 3 is 3.06 bits per heavy atom. The minimum atomic E-state index is -1.02. The molecule has 0 bridgehead atoms. The third-order valence-electron chi connectivity index (χ3n) is 2.39. The minimum absolute atomic E-state index is 0.0503. The van der Waals surface area contributed by atoms with E-state index in [9.17, 15) is 4.79 Å². The summed E-state index contributed by atoms with van der Waals surface area (Å²) < 4.78 is 5.51. The zero-order valence-corrected chi connectivity index (χ0v) is 10.5. The van der Waals surface area contributed by atoms with E-state index in [2.05, 4.69) is 11.1 Å². The summed E-state index contributed by atoms with van der Waals surface area (Å²) in [5.41, 5.74) is 0.878. The van der Waals surface area contributed by atoms with E-state index in [1.165, 1.54) is 17.1 Å². The third-order valence-corrected chi connectivity index (χ3v) is 3.32. The lowest BCUT2D eigenvalue weighted by molar-refractivity contribution is 0.0690. The van der Waals surface area contributed by atoms with Gasteiger partial charge in [-0.1, -0.05) is 6.07 Å². The Balaban J connectivity index is 1.79. The van der Waals surface area contributed by atoms with E-state index in [4.69, 9.17) is 9.84 Å². The zero-order valence-electron chi connectivity index (χ0n) is 9.70. The van der Waals surface area contributed by atoms with Crippen LogP contribution in [0.15, 0.2) is 35.8 Å². The fourth-order valence-electron chi connectivity index (χ4n) is 1.50. The maximum absolute atomic E-state index is 10.7. The fraction of sp³-hybridized carbons (Fsp3) is 0.231. The Kier molecular flexibility index (Phi) is 4.44. The number of thiophene rings is 1. The molecule has 0 amide bonds. The Bertz CT molecular complexity index is 511. The topological polar surface area (TPSA) is 59.4 Å². The van der Waals surface area contributed by atoms with E-state index < -0.39 is 5.97 Å². The number of aromatic carboxylic acids is 1. The van der Waals surface area contributed by atoms with Gasteiger partial charge >= 0.3 is 5.97 Å². The second-order valence-corrected chi connectivity index (χ2v) is 4.77. The number of carboxylic acids is 1. The molecule has 0 fully saturated rings. The van der Waals surface area contributed by atoms with Crippen LogP contribution in [0.2, 0.25) is 0 Å². The summed E-state index contributed by atoms with van der Waals surface area (Å²) in [5, 5.41) is 10.8. The largest absolute Gasteiger partial charge is 0.477 e. The Morgan fingerprint density at radius 1 is 1.44 bits per heavy atom. The van der Waals surface area contributed by atoms with Crippen molar-refractivity contribution in [1.29, 1.82) is 0 Å². The quantitative estimate of drug-likeness (QED) is 0.814. The molecule has 4 nitrogen and oxygen atoms in total. The standard InChI is InChI=1S/C13H13NO3S/c15-13(16)12-8-10(3-5-14-12)9-17-6-4-11-2-1-7-18-11/h1-3,5,7-8H,4,6,9H2,(H,15,16). The van der Waals surface area contributed by atoms with Crippen LogP contribution in [-0.4, -0.2) is 22.7 Å². The van der Waals surface area contributed by atoms with Gasteiger partial charge in [0.1, 0.15) is 5.69 Å². The van der Waals surface area contributed by atoms with Crippen molar-refractivity contribution in [3.63, 3.8) is 0 Å². The smallest absolute Gasteiger partial charge is 0.354 e. The molecule has 0 saturated carbocycles. The first-order chi connectivity index (χ1) is 8.75. The third kappa shape index (κ3) is 3.65. The molecule has 0 aliphatic rings. The van der Waals surface area contributed by atoms with Crippen molar-refractivity contribution in [1.82, 2.24) is 4.98 Å². The van der Waals surface area contributed by atoms with E-state index in [0.717, 1.165) is 12.0 Å². The highest BCUT2D eigenvalue weighted by Crippen LogP contribution is 2.10. The molecule has 0 aromatic carbocycles. The Hall–Kier alpha value is -1.72. The van der Waals surface area contributed by atoms with Crippen molar-refractivity contribution in [3.8, 4) is 0 Å². The highest BCUT2D eigenvalue weighted by molar-refractivity contribution is 7.09. The summed E-state index contributed by atoms with van der Waals surface area (Å²) in [4.78, 5) is 15.8. The molecule has 2 aromatic rings. The lowest BCUT2D eigenvalue weighted by Crippen LogP contribution is -2.03. The van der Waals surface area contributed by atoms with E-state index in [1.807, 2.05) is 11.4 Å². The molecule has 2 aromatic heterocycles. The van der Waals surface area contributed by atoms with E-state index in [-0.39, 0.29) is 5.69 Å². The molecule has 5 heteroatoms. The van der Waals surface area contributed by atoms with Gasteiger partial charge in [-0.25, -0.2) is 9.78 Å². The number of carboxylic acid groups (broad SMARTS) is 1. The number of carbonyl (C=O) groups is 1. The highest BCUT2D eigenvalue weighted by Gasteiger charge is 2.04. The SMILES string of the molecule is O=C(O)c1cc(COCCc2cccs2)ccn1. The van der Waals surface area contributed by atoms with Crippen LogP contribution >= 0.6 is 11.3 Å². The molecule has 18 heavy (non-hydrogen) atoms. The van der Waals surface area contributed by atoms with Gasteiger partial charge in [0, 0.05) is 17.5 Å². The van der Waals surface area contributed by atoms with Gasteiger partial charge in [0.15, 0.2) is 0 Å². The van der Waals surface area contributed by atoms with Crippen LogP contribution in [0.4, 0.5) is 0 Å². The summed E-state index contributed by atoms with van der Waals surface area (Å²) >= 11 is 1.71. The predicted molar refractivity (Wildman–Crippen MR) is 68.9 cm³/mol. The molecule has 2 heterocycles. The number of rotatable bonds is 6. The van der Waals surface area contributed by atoms with Crippen molar-refractivity contribution in [2.45, 2.75) is 13.0 Å². The molecule has 0 unspecified atom stereocenters. The first kappa shape index (κ1) is 12.7. The van der Waals surface area contributed by atoms with Gasteiger partial charge in [-0.2, -0.15) is 0 Å². The number of aromatic nitrogens is 1. The van der Waals surface area contributed by atoms with Crippen molar-refractivity contribution in [2.75, 3.05) is 6.61 Å². The molecule has 0 aliphatic heterocycles. The summed E-state index contributed by atoms with van der Waals surface area (Å²) in [5.74, 6) is -1.02. The molecule has 0 atom stereocenters. The molecule has 2 rings (SSSR count). The van der Waals surface area contributed by atoms with Crippen LogP contribution in [0.5, 0.6) is 0 Å². The van der Waals surface area contributed by atoms with Gasteiger partial charge in [-0.3, -0.25) is 0 Å². The summed E-state index contributed by atoms with van der Waals surface area (Å²) in [6.45, 7) is 1.04. The molecule has 0 radical (unpaired) electrons. The molecule has 0 aliphatic carbocycles. The summed E-state index contributed by atoms with van der Waals surface area (Å²) in [6.07, 6.45) is 2.37. The van der Waals surface area contributed by atoms with E-state index in [1.54, 1.807) is 17.4 Å². The van der Waals surface area contributed by atoms with Gasteiger partial charge < -0.3 is 9.84 Å². The van der Waals surface area contributed by atoms with Crippen LogP contribution in [0.3, 0.4) is 0 Å². The Morgan fingerprint density at radius 2 is 2.33 bits per heavy atom. The zero-order chi connectivity index (χ0) is 12.8. The second-order valence-electron chi connectivity index (χ2n) is 3.74. The van der Waals surface area contributed by atoms with Crippen LogP contribution < -0.4 is 0 Å². The van der Waals surface area contributed by atoms with Gasteiger partial charge in [0.25, 0.3) is 0 Å². The number of pyridine rings is 1. The fourth-order valence-corrected chi connectivity index (χ4v) is 2.19. The van der Waals surface area contributed by atoms with Crippen molar-refractivity contribution >= 4 is 17.3 Å². The van der Waals surface area contributed by atoms with Crippen LogP contribution in [-0.2, 0) is 17.8 Å². The van der Waals surface area contributed by atoms with Crippen molar-refractivity contribution < 1.29 is 14.6 Å². The average Bonchev–Trinajstić information content (AvgIpc) is 2.88. The van der Waals surface area contributed by atoms with Crippen LogP contribution in [0.1, 0.15) is 20.9 Å². The van der Waals surface area contributed by atoms with Gasteiger partial charge in [0.05, 0.1) is 13.2 Å².